The molecule has 0 radical (unpaired) electrons. The highest BCUT2D eigenvalue weighted by Gasteiger charge is 2.11. The second kappa shape index (κ2) is 8.48. The maximum absolute atomic E-state index is 12.1. The number of ether oxygens (including phenoxy) is 1. The summed E-state index contributed by atoms with van der Waals surface area (Å²) < 4.78 is 5.25. The molecule has 0 fully saturated rings. The van der Waals surface area contributed by atoms with Crippen molar-refractivity contribution in [2.75, 3.05) is 18.2 Å². The Morgan fingerprint density at radius 2 is 1.96 bits per heavy atom. The van der Waals surface area contributed by atoms with Gasteiger partial charge in [-0.05, 0) is 30.2 Å². The lowest BCUT2D eigenvalue weighted by atomic mass is 10.2. The molecule has 0 spiro atoms. The molecule has 0 bridgehead atoms. The largest absolute Gasteiger partial charge is 0.495 e. The molecule has 2 rings (SSSR count). The van der Waals surface area contributed by atoms with Crippen LogP contribution in [0.5, 0.6) is 5.75 Å². The average Bonchev–Trinajstić information content (AvgIpc) is 2.52. The van der Waals surface area contributed by atoms with Crippen molar-refractivity contribution in [2.24, 2.45) is 0 Å². The average molecular weight is 370 g/mol. The number of carbonyl (C=O) groups is 1. The molecule has 6 heteroatoms. The summed E-state index contributed by atoms with van der Waals surface area (Å²) >= 11 is 13.7. The summed E-state index contributed by atoms with van der Waals surface area (Å²) in [5, 5.41) is 4.18. The number of hydrogen-bond acceptors (Lipinski definition) is 3. The number of methoxy groups -OCH3 is 1. The number of hydrogen-bond donors (Lipinski definition) is 1. The number of nitrogens with one attached hydrogen (secondary N) is 1. The van der Waals surface area contributed by atoms with E-state index in [1.165, 1.54) is 11.8 Å². The lowest BCUT2D eigenvalue weighted by Gasteiger charge is -2.12. The van der Waals surface area contributed by atoms with Crippen LogP contribution in [0.3, 0.4) is 0 Å². The van der Waals surface area contributed by atoms with E-state index in [2.05, 4.69) is 5.32 Å². The predicted molar refractivity (Wildman–Crippen MR) is 99.0 cm³/mol. The zero-order valence-electron chi connectivity index (χ0n) is 12.9. The third-order valence-electron chi connectivity index (χ3n) is 3.20. The van der Waals surface area contributed by atoms with Gasteiger partial charge in [-0.25, -0.2) is 0 Å². The first-order chi connectivity index (χ1) is 11.0. The molecule has 0 aliphatic heterocycles. The molecule has 2 aromatic carbocycles. The van der Waals surface area contributed by atoms with Crippen LogP contribution in [0.1, 0.15) is 11.1 Å². The number of aryl methyl sites for hydroxylation is 1. The molecule has 0 saturated carbocycles. The van der Waals surface area contributed by atoms with Crippen molar-refractivity contribution in [2.45, 2.75) is 12.7 Å². The fraction of sp³-hybridized carbons (Fsp3) is 0.235. The van der Waals surface area contributed by atoms with E-state index in [-0.39, 0.29) is 5.91 Å². The molecule has 0 unspecified atom stereocenters. The molecule has 0 saturated heterocycles. The molecule has 3 nitrogen and oxygen atoms in total. The minimum absolute atomic E-state index is 0.0953. The van der Waals surface area contributed by atoms with E-state index in [9.17, 15) is 4.79 Å². The number of rotatable bonds is 6. The van der Waals surface area contributed by atoms with Crippen molar-refractivity contribution in [1.29, 1.82) is 0 Å². The van der Waals surface area contributed by atoms with Crippen molar-refractivity contribution < 1.29 is 9.53 Å². The summed E-state index contributed by atoms with van der Waals surface area (Å²) in [6.07, 6.45) is 0. The van der Waals surface area contributed by atoms with Gasteiger partial charge in [-0.3, -0.25) is 4.79 Å². The highest BCUT2D eigenvalue weighted by Crippen LogP contribution is 2.31. The van der Waals surface area contributed by atoms with Crippen molar-refractivity contribution in [3.05, 3.63) is 57.6 Å². The molecule has 0 heterocycles. The summed E-state index contributed by atoms with van der Waals surface area (Å²) in [6, 6.07) is 11.1. The lowest BCUT2D eigenvalue weighted by molar-refractivity contribution is -0.113. The van der Waals surface area contributed by atoms with Gasteiger partial charge in [0.05, 0.1) is 18.6 Å². The summed E-state index contributed by atoms with van der Waals surface area (Å²) in [6.45, 7) is 1.88. The molecular weight excluding hydrogens is 353 g/mol. The third kappa shape index (κ3) is 5.06. The smallest absolute Gasteiger partial charge is 0.234 e. The highest BCUT2D eigenvalue weighted by atomic mass is 35.5. The number of carbonyl (C=O) groups excluding carboxylic acids is 1. The van der Waals surface area contributed by atoms with Crippen LogP contribution in [0.4, 0.5) is 5.69 Å². The van der Waals surface area contributed by atoms with Crippen LogP contribution in [-0.4, -0.2) is 18.8 Å². The molecular formula is C17H17Cl2NO2S. The van der Waals surface area contributed by atoms with E-state index < -0.39 is 0 Å². The fourth-order valence-electron chi connectivity index (χ4n) is 1.99. The van der Waals surface area contributed by atoms with Gasteiger partial charge in [0.15, 0.2) is 0 Å². The number of halogens is 2. The van der Waals surface area contributed by atoms with Gasteiger partial charge in [0.2, 0.25) is 5.91 Å². The Bertz CT molecular complexity index is 707. The first kappa shape index (κ1) is 18.0. The van der Waals surface area contributed by atoms with E-state index in [1.807, 2.05) is 31.2 Å². The van der Waals surface area contributed by atoms with Gasteiger partial charge in [-0.15, -0.1) is 11.8 Å². The van der Waals surface area contributed by atoms with Crippen LogP contribution in [-0.2, 0) is 10.5 Å². The lowest BCUT2D eigenvalue weighted by Crippen LogP contribution is -2.15. The second-order valence-electron chi connectivity index (χ2n) is 4.93. The summed E-state index contributed by atoms with van der Waals surface area (Å²) in [5.41, 5.74) is 2.52. The van der Waals surface area contributed by atoms with Gasteiger partial charge >= 0.3 is 0 Å². The minimum atomic E-state index is -0.0953. The molecule has 122 valence electrons. The Morgan fingerprint density at radius 3 is 2.65 bits per heavy atom. The zero-order valence-corrected chi connectivity index (χ0v) is 15.2. The van der Waals surface area contributed by atoms with Crippen molar-refractivity contribution >= 4 is 46.6 Å². The maximum Gasteiger partial charge on any atom is 0.234 e. The van der Waals surface area contributed by atoms with E-state index in [4.69, 9.17) is 27.9 Å². The number of amides is 1. The first-order valence-electron chi connectivity index (χ1n) is 6.96. The summed E-state index contributed by atoms with van der Waals surface area (Å²) in [5.74, 6) is 1.46. The van der Waals surface area contributed by atoms with Gasteiger partial charge in [0.1, 0.15) is 5.75 Å². The Balaban J connectivity index is 1.93. The van der Waals surface area contributed by atoms with Crippen LogP contribution in [0, 0.1) is 6.92 Å². The van der Waals surface area contributed by atoms with E-state index in [0.717, 1.165) is 16.1 Å². The Morgan fingerprint density at radius 1 is 1.22 bits per heavy atom. The molecule has 0 aliphatic carbocycles. The molecule has 2 aromatic rings. The normalized spacial score (nSPS) is 10.4. The van der Waals surface area contributed by atoms with Crippen molar-refractivity contribution in [1.82, 2.24) is 0 Å². The van der Waals surface area contributed by atoms with Gasteiger partial charge in [-0.2, -0.15) is 0 Å². The van der Waals surface area contributed by atoms with Crippen LogP contribution < -0.4 is 10.1 Å². The molecule has 0 atom stereocenters. The van der Waals surface area contributed by atoms with Gasteiger partial charge in [0.25, 0.3) is 0 Å². The zero-order chi connectivity index (χ0) is 16.8. The molecule has 23 heavy (non-hydrogen) atoms. The molecule has 1 N–H and O–H groups in total. The van der Waals surface area contributed by atoms with Crippen LogP contribution in [0.15, 0.2) is 36.4 Å². The van der Waals surface area contributed by atoms with E-state index >= 15 is 0 Å². The Kier molecular flexibility index (Phi) is 6.63. The topological polar surface area (TPSA) is 38.3 Å². The Labute approximate surface area is 150 Å². The van der Waals surface area contributed by atoms with Crippen molar-refractivity contribution in [3.8, 4) is 5.75 Å². The molecule has 0 aromatic heterocycles. The van der Waals surface area contributed by atoms with Crippen LogP contribution in [0.2, 0.25) is 10.0 Å². The monoisotopic (exact) mass is 369 g/mol. The number of anilines is 1. The Hall–Kier alpha value is -1.36. The van der Waals surface area contributed by atoms with Gasteiger partial charge < -0.3 is 10.1 Å². The highest BCUT2D eigenvalue weighted by molar-refractivity contribution is 7.99. The molecule has 0 aliphatic rings. The van der Waals surface area contributed by atoms with E-state index in [0.29, 0.717) is 28.0 Å². The maximum atomic E-state index is 12.1. The third-order valence-corrected chi connectivity index (χ3v) is 4.96. The fourth-order valence-corrected chi connectivity index (χ4v) is 3.25. The minimum Gasteiger partial charge on any atom is -0.495 e. The molecule has 1 amide bonds. The number of thioether (sulfide) groups is 1. The quantitative estimate of drug-likeness (QED) is 0.761. The van der Waals surface area contributed by atoms with E-state index in [1.54, 1.807) is 19.2 Å². The van der Waals surface area contributed by atoms with Crippen LogP contribution >= 0.6 is 35.0 Å². The van der Waals surface area contributed by atoms with Gasteiger partial charge in [0, 0.05) is 21.9 Å². The standard InChI is InChI=1S/C17H17Cl2NO2S/c1-11-7-15(16(22-2)8-14(11)19)20-17(21)10-23-9-12-5-3-4-6-13(12)18/h3-8H,9-10H2,1-2H3,(H,20,21). The summed E-state index contributed by atoms with van der Waals surface area (Å²) in [7, 11) is 1.54. The first-order valence-corrected chi connectivity index (χ1v) is 8.87. The summed E-state index contributed by atoms with van der Waals surface area (Å²) in [4.78, 5) is 12.1. The predicted octanol–water partition coefficient (Wildman–Crippen LogP) is 5.18. The SMILES string of the molecule is COc1cc(Cl)c(C)cc1NC(=O)CSCc1ccccc1Cl. The number of benzene rings is 2. The second-order valence-corrected chi connectivity index (χ2v) is 6.73. The van der Waals surface area contributed by atoms with Gasteiger partial charge in [-0.1, -0.05) is 41.4 Å². The van der Waals surface area contributed by atoms with Crippen LogP contribution in [0.25, 0.3) is 0 Å². The van der Waals surface area contributed by atoms with Crippen molar-refractivity contribution in [3.63, 3.8) is 0 Å².